The molecule has 0 saturated heterocycles. The standard InChI is InChI=1S/C26H31N9O3S/c1-16(2)34-15-21(22-10-17(3)35(33-22)8-9-36)20-14-29-25(11-23(20)34)31-24-6-7-28-26(32-24)18(12-27)13-30-39(37,38)19-4-5-19/h6-7,10-16,19,36H,4-5,8-9,27H2,1-3H3,(H,28,29,31,32). The summed E-state index contributed by atoms with van der Waals surface area (Å²) in [6.45, 7) is 6.63. The third kappa shape index (κ3) is 5.54. The summed E-state index contributed by atoms with van der Waals surface area (Å²) in [5.74, 6) is 1.27. The summed E-state index contributed by atoms with van der Waals surface area (Å²) >= 11 is 0. The molecule has 12 nitrogen and oxygen atoms in total. The number of hydrogen-bond donors (Lipinski definition) is 3. The van der Waals surface area contributed by atoms with Crippen molar-refractivity contribution in [3.05, 3.63) is 54.5 Å². The van der Waals surface area contributed by atoms with Crippen LogP contribution in [-0.2, 0) is 16.6 Å². The van der Waals surface area contributed by atoms with Gasteiger partial charge in [-0.3, -0.25) is 4.68 Å². The molecule has 0 unspecified atom stereocenters. The van der Waals surface area contributed by atoms with E-state index < -0.39 is 15.3 Å². The van der Waals surface area contributed by atoms with Crippen molar-refractivity contribution in [3.8, 4) is 11.3 Å². The Morgan fingerprint density at radius 1 is 1.28 bits per heavy atom. The SMILES string of the molecule is Cc1cc(-c2cn(C(C)C)c3cc(Nc4ccnc(C(C=NS(=O)(=O)C5CC5)=CN)n4)ncc23)nn1CCO. The quantitative estimate of drug-likeness (QED) is 0.252. The number of aromatic nitrogens is 6. The normalized spacial score (nSPS) is 14.6. The molecule has 13 heteroatoms. The van der Waals surface area contributed by atoms with Crippen molar-refractivity contribution in [3.63, 3.8) is 0 Å². The van der Waals surface area contributed by atoms with Gasteiger partial charge >= 0.3 is 0 Å². The minimum atomic E-state index is -3.54. The average Bonchev–Trinajstić information content (AvgIpc) is 3.62. The van der Waals surface area contributed by atoms with Crippen molar-refractivity contribution < 1.29 is 13.5 Å². The fourth-order valence-electron chi connectivity index (χ4n) is 4.26. The first kappa shape index (κ1) is 26.5. The van der Waals surface area contributed by atoms with Gasteiger partial charge in [-0.1, -0.05) is 0 Å². The first-order valence-corrected chi connectivity index (χ1v) is 14.2. The van der Waals surface area contributed by atoms with E-state index in [4.69, 9.17) is 5.73 Å². The van der Waals surface area contributed by atoms with E-state index in [0.717, 1.165) is 27.9 Å². The molecule has 1 aliphatic carbocycles. The molecule has 0 bridgehead atoms. The van der Waals surface area contributed by atoms with Gasteiger partial charge in [-0.25, -0.2) is 23.4 Å². The maximum atomic E-state index is 12.1. The maximum absolute atomic E-state index is 12.1. The van der Waals surface area contributed by atoms with Crippen LogP contribution in [0.15, 0.2) is 47.4 Å². The van der Waals surface area contributed by atoms with Gasteiger partial charge in [-0.2, -0.15) is 9.50 Å². The van der Waals surface area contributed by atoms with Crippen LogP contribution in [0.25, 0.3) is 27.7 Å². The number of nitrogens with zero attached hydrogens (tertiary/aromatic N) is 7. The van der Waals surface area contributed by atoms with Gasteiger partial charge in [0, 0.05) is 53.5 Å². The molecule has 4 aromatic rings. The first-order chi connectivity index (χ1) is 18.7. The number of nitrogens with one attached hydrogen (secondary N) is 1. The van der Waals surface area contributed by atoms with Crippen LogP contribution in [0.1, 0.15) is 44.2 Å². The van der Waals surface area contributed by atoms with Crippen LogP contribution in [0.2, 0.25) is 0 Å². The fourth-order valence-corrected chi connectivity index (χ4v) is 5.43. The van der Waals surface area contributed by atoms with Crippen molar-refractivity contribution >= 4 is 44.3 Å². The maximum Gasteiger partial charge on any atom is 0.255 e. The Morgan fingerprint density at radius 2 is 2.08 bits per heavy atom. The van der Waals surface area contributed by atoms with E-state index in [2.05, 4.69) is 54.4 Å². The van der Waals surface area contributed by atoms with Gasteiger partial charge in [0.05, 0.1) is 41.4 Å². The monoisotopic (exact) mass is 549 g/mol. The van der Waals surface area contributed by atoms with E-state index in [1.165, 1.54) is 12.4 Å². The molecule has 1 saturated carbocycles. The molecule has 0 aromatic carbocycles. The molecular formula is C26H31N9O3S. The van der Waals surface area contributed by atoms with Crippen molar-refractivity contribution in [2.24, 2.45) is 10.1 Å². The van der Waals surface area contributed by atoms with E-state index in [9.17, 15) is 13.5 Å². The number of fused-ring (bicyclic) bond motifs is 1. The van der Waals surface area contributed by atoms with Gasteiger partial charge in [-0.15, -0.1) is 0 Å². The predicted molar refractivity (Wildman–Crippen MR) is 151 cm³/mol. The third-order valence-electron chi connectivity index (χ3n) is 6.48. The second-order valence-electron chi connectivity index (χ2n) is 9.71. The van der Waals surface area contributed by atoms with Gasteiger partial charge in [0.15, 0.2) is 5.82 Å². The topological polar surface area (TPSA) is 166 Å². The van der Waals surface area contributed by atoms with E-state index in [0.29, 0.717) is 36.6 Å². The van der Waals surface area contributed by atoms with Crippen LogP contribution in [-0.4, -0.2) is 60.9 Å². The second-order valence-corrected chi connectivity index (χ2v) is 11.6. The van der Waals surface area contributed by atoms with Crippen LogP contribution in [0.3, 0.4) is 0 Å². The van der Waals surface area contributed by atoms with Gasteiger partial charge in [0.2, 0.25) is 0 Å². The van der Waals surface area contributed by atoms with E-state index in [1.54, 1.807) is 23.1 Å². The number of allylic oxidation sites excluding steroid dienone is 1. The molecule has 0 aliphatic heterocycles. The molecule has 4 heterocycles. The molecule has 39 heavy (non-hydrogen) atoms. The minimum absolute atomic E-state index is 0.0198. The van der Waals surface area contributed by atoms with Crippen molar-refractivity contribution in [2.75, 3.05) is 11.9 Å². The Hall–Kier alpha value is -4.10. The molecule has 204 valence electrons. The molecule has 4 aromatic heterocycles. The second kappa shape index (κ2) is 10.6. The molecule has 1 fully saturated rings. The smallest absolute Gasteiger partial charge is 0.255 e. The average molecular weight is 550 g/mol. The highest BCUT2D eigenvalue weighted by Crippen LogP contribution is 2.33. The lowest BCUT2D eigenvalue weighted by atomic mass is 10.1. The van der Waals surface area contributed by atoms with Crippen LogP contribution in [0.5, 0.6) is 0 Å². The molecule has 5 rings (SSSR count). The summed E-state index contributed by atoms with van der Waals surface area (Å²) < 4.78 is 32.0. The Bertz CT molecular complexity index is 1680. The molecule has 1 aliphatic rings. The number of nitrogens with two attached hydrogens (primary N) is 1. The van der Waals surface area contributed by atoms with Gasteiger partial charge in [0.1, 0.15) is 11.6 Å². The highest BCUT2D eigenvalue weighted by Gasteiger charge is 2.35. The summed E-state index contributed by atoms with van der Waals surface area (Å²) in [5.41, 5.74) is 9.74. The summed E-state index contributed by atoms with van der Waals surface area (Å²) in [5, 5.41) is 17.8. The molecule has 0 atom stereocenters. The summed E-state index contributed by atoms with van der Waals surface area (Å²) in [6.07, 6.45) is 9.10. The van der Waals surface area contributed by atoms with E-state index in [1.807, 2.05) is 19.1 Å². The summed E-state index contributed by atoms with van der Waals surface area (Å²) in [4.78, 5) is 13.3. The molecule has 0 spiro atoms. The van der Waals surface area contributed by atoms with Crippen LogP contribution < -0.4 is 11.1 Å². The van der Waals surface area contributed by atoms with E-state index in [-0.39, 0.29) is 18.5 Å². The lowest BCUT2D eigenvalue weighted by molar-refractivity contribution is 0.268. The number of aryl methyl sites for hydroxylation is 1. The lowest BCUT2D eigenvalue weighted by Crippen LogP contribution is -2.06. The highest BCUT2D eigenvalue weighted by atomic mass is 32.2. The highest BCUT2D eigenvalue weighted by molar-refractivity contribution is 7.91. The Morgan fingerprint density at radius 3 is 2.77 bits per heavy atom. The zero-order chi connectivity index (χ0) is 27.7. The number of rotatable bonds is 10. The zero-order valence-corrected chi connectivity index (χ0v) is 22.8. The predicted octanol–water partition coefficient (Wildman–Crippen LogP) is 3.18. The number of sulfonamides is 1. The number of pyridine rings is 1. The number of hydrogen-bond acceptors (Lipinski definition) is 9. The zero-order valence-electron chi connectivity index (χ0n) is 22.0. The minimum Gasteiger partial charge on any atom is -0.404 e. The summed E-state index contributed by atoms with van der Waals surface area (Å²) in [7, 11) is -3.54. The van der Waals surface area contributed by atoms with Crippen molar-refractivity contribution in [1.29, 1.82) is 0 Å². The summed E-state index contributed by atoms with van der Waals surface area (Å²) in [6, 6.07) is 5.82. The largest absolute Gasteiger partial charge is 0.404 e. The first-order valence-electron chi connectivity index (χ1n) is 12.7. The van der Waals surface area contributed by atoms with Gasteiger partial charge < -0.3 is 20.7 Å². The lowest BCUT2D eigenvalue weighted by Gasteiger charge is -2.11. The molecule has 4 N–H and O–H groups in total. The fraction of sp³-hybridized carbons (Fsp3) is 0.346. The number of anilines is 2. The molecular weight excluding hydrogens is 518 g/mol. The van der Waals surface area contributed by atoms with Gasteiger partial charge in [-0.05, 0) is 45.7 Å². The molecule has 0 amide bonds. The Kier molecular flexibility index (Phi) is 7.19. The van der Waals surface area contributed by atoms with Gasteiger partial charge in [0.25, 0.3) is 10.0 Å². The van der Waals surface area contributed by atoms with Crippen LogP contribution in [0.4, 0.5) is 11.6 Å². The Labute approximate surface area is 226 Å². The Balaban J connectivity index is 1.44. The van der Waals surface area contributed by atoms with Crippen molar-refractivity contribution in [2.45, 2.75) is 51.4 Å². The van der Waals surface area contributed by atoms with Crippen molar-refractivity contribution in [1.82, 2.24) is 29.3 Å². The third-order valence-corrected chi connectivity index (χ3v) is 8.19. The van der Waals surface area contributed by atoms with Crippen LogP contribution in [0, 0.1) is 6.92 Å². The van der Waals surface area contributed by atoms with E-state index >= 15 is 0 Å². The number of aliphatic hydroxyl groups is 1. The molecule has 0 radical (unpaired) electrons. The number of aliphatic hydroxyl groups excluding tert-OH is 1. The van der Waals surface area contributed by atoms with Crippen LogP contribution >= 0.6 is 0 Å².